The van der Waals surface area contributed by atoms with Gasteiger partial charge in [-0.3, -0.25) is 9.62 Å². The molecular formula is C24H25N3O3S. The van der Waals surface area contributed by atoms with E-state index in [2.05, 4.69) is 14.6 Å². The minimum Gasteiger partial charge on any atom is -0.379 e. The Morgan fingerprint density at radius 3 is 2.65 bits per heavy atom. The van der Waals surface area contributed by atoms with Crippen LogP contribution in [0.2, 0.25) is 0 Å². The van der Waals surface area contributed by atoms with Crippen molar-refractivity contribution in [3.05, 3.63) is 72.4 Å². The first-order valence-electron chi connectivity index (χ1n) is 10.5. The van der Waals surface area contributed by atoms with Crippen molar-refractivity contribution in [1.82, 2.24) is 9.88 Å². The molecule has 1 aromatic heterocycles. The molecule has 5 rings (SSSR count). The van der Waals surface area contributed by atoms with Crippen LogP contribution >= 0.6 is 0 Å². The first kappa shape index (κ1) is 20.1. The molecule has 1 saturated heterocycles. The molecule has 2 heterocycles. The van der Waals surface area contributed by atoms with Gasteiger partial charge in [0.2, 0.25) is 0 Å². The highest BCUT2D eigenvalue weighted by Gasteiger charge is 2.18. The fraction of sp³-hybridized carbons (Fsp3) is 0.250. The highest BCUT2D eigenvalue weighted by molar-refractivity contribution is 7.93. The first-order valence-corrected chi connectivity index (χ1v) is 12.0. The lowest BCUT2D eigenvalue weighted by Crippen LogP contribution is -2.37. The van der Waals surface area contributed by atoms with Crippen LogP contribution in [0.3, 0.4) is 0 Å². The number of aromatic amines is 1. The molecule has 4 aromatic rings. The summed E-state index contributed by atoms with van der Waals surface area (Å²) in [4.78, 5) is 5.98. The lowest BCUT2D eigenvalue weighted by molar-refractivity contribution is 0.0385. The topological polar surface area (TPSA) is 74.4 Å². The van der Waals surface area contributed by atoms with Gasteiger partial charge in [0.15, 0.2) is 0 Å². The number of sulfonamides is 1. The highest BCUT2D eigenvalue weighted by atomic mass is 32.2. The summed E-state index contributed by atoms with van der Waals surface area (Å²) >= 11 is 0. The largest absolute Gasteiger partial charge is 0.379 e. The van der Waals surface area contributed by atoms with Gasteiger partial charge in [-0.2, -0.15) is 0 Å². The molecule has 0 atom stereocenters. The normalized spacial score (nSPS) is 15.5. The van der Waals surface area contributed by atoms with E-state index < -0.39 is 10.0 Å². The maximum absolute atomic E-state index is 13.2. The molecule has 1 fully saturated rings. The third kappa shape index (κ3) is 4.17. The van der Waals surface area contributed by atoms with Crippen molar-refractivity contribution < 1.29 is 13.2 Å². The number of benzene rings is 3. The number of morpholine rings is 1. The number of hydrogen-bond acceptors (Lipinski definition) is 4. The van der Waals surface area contributed by atoms with Crippen molar-refractivity contribution >= 4 is 37.4 Å². The Hall–Kier alpha value is -2.87. The van der Waals surface area contributed by atoms with Crippen molar-refractivity contribution in [2.75, 3.05) is 37.6 Å². The molecule has 1 aliphatic heterocycles. The summed E-state index contributed by atoms with van der Waals surface area (Å²) in [5.74, 6) is 0. The number of aromatic nitrogens is 1. The van der Waals surface area contributed by atoms with E-state index in [4.69, 9.17) is 4.74 Å². The van der Waals surface area contributed by atoms with Crippen LogP contribution in [-0.4, -0.2) is 51.1 Å². The zero-order chi connectivity index (χ0) is 21.3. The van der Waals surface area contributed by atoms with Crippen LogP contribution in [0, 0.1) is 0 Å². The van der Waals surface area contributed by atoms with Crippen molar-refractivity contribution in [2.45, 2.75) is 11.3 Å². The maximum atomic E-state index is 13.2. The number of rotatable bonds is 6. The summed E-state index contributed by atoms with van der Waals surface area (Å²) in [5, 5.41) is 2.66. The Kier molecular flexibility index (Phi) is 5.40. The summed E-state index contributed by atoms with van der Waals surface area (Å²) in [6.45, 7) is 4.45. The lowest BCUT2D eigenvalue weighted by Gasteiger charge is -2.26. The van der Waals surface area contributed by atoms with E-state index in [9.17, 15) is 8.42 Å². The molecule has 1 aliphatic rings. The number of fused-ring (bicyclic) bond motifs is 2. The Morgan fingerprint density at radius 1 is 0.968 bits per heavy atom. The van der Waals surface area contributed by atoms with Gasteiger partial charge >= 0.3 is 0 Å². The van der Waals surface area contributed by atoms with Crippen molar-refractivity contribution in [1.29, 1.82) is 0 Å². The molecule has 3 aromatic carbocycles. The van der Waals surface area contributed by atoms with E-state index in [0.29, 0.717) is 11.1 Å². The van der Waals surface area contributed by atoms with Gasteiger partial charge < -0.3 is 9.72 Å². The van der Waals surface area contributed by atoms with Crippen LogP contribution in [0.4, 0.5) is 5.69 Å². The molecule has 0 aliphatic carbocycles. The summed E-state index contributed by atoms with van der Waals surface area (Å²) in [6.07, 6.45) is 2.92. The minimum absolute atomic E-state index is 0.285. The predicted octanol–water partition coefficient (Wildman–Crippen LogP) is 4.00. The monoisotopic (exact) mass is 435 g/mol. The fourth-order valence-corrected chi connectivity index (χ4v) is 5.47. The number of anilines is 1. The van der Waals surface area contributed by atoms with Gasteiger partial charge in [-0.1, -0.05) is 36.4 Å². The average Bonchev–Trinajstić information content (AvgIpc) is 3.20. The van der Waals surface area contributed by atoms with Crippen LogP contribution in [0.25, 0.3) is 21.7 Å². The molecule has 0 spiro atoms. The summed E-state index contributed by atoms with van der Waals surface area (Å²) in [6, 6.07) is 18.5. The number of H-pyrrole nitrogens is 1. The zero-order valence-corrected chi connectivity index (χ0v) is 18.0. The van der Waals surface area contributed by atoms with Gasteiger partial charge in [0.05, 0.1) is 18.1 Å². The second-order valence-electron chi connectivity index (χ2n) is 7.86. The minimum atomic E-state index is -3.72. The number of nitrogens with zero attached hydrogens (tertiary/aromatic N) is 1. The Morgan fingerprint density at radius 2 is 1.77 bits per heavy atom. The molecule has 0 unspecified atom stereocenters. The van der Waals surface area contributed by atoms with E-state index >= 15 is 0 Å². The molecular weight excluding hydrogens is 410 g/mol. The molecule has 31 heavy (non-hydrogen) atoms. The predicted molar refractivity (Wildman–Crippen MR) is 124 cm³/mol. The molecule has 160 valence electrons. The standard InChI is InChI=1S/C24H25N3O3S/c28-31(29,24-7-3-5-18-4-1-2-6-21(18)24)26-20-8-9-23-22(16-20)19(17-25-23)10-11-27-12-14-30-15-13-27/h1-9,16-17,25-26H,10-15H2. The van der Waals surface area contributed by atoms with E-state index in [0.717, 1.165) is 55.6 Å². The SMILES string of the molecule is O=S(=O)(Nc1ccc2[nH]cc(CCN3CCOCC3)c2c1)c1cccc2ccccc12. The first-order chi connectivity index (χ1) is 15.1. The van der Waals surface area contributed by atoms with Gasteiger partial charge in [0.1, 0.15) is 0 Å². The van der Waals surface area contributed by atoms with Crippen LogP contribution in [-0.2, 0) is 21.2 Å². The molecule has 2 N–H and O–H groups in total. The fourth-order valence-electron chi connectivity index (χ4n) is 4.19. The highest BCUT2D eigenvalue weighted by Crippen LogP contribution is 2.27. The molecule has 0 amide bonds. The summed E-state index contributed by atoms with van der Waals surface area (Å²) < 4.78 is 34.5. The Balaban J connectivity index is 1.41. The van der Waals surface area contributed by atoms with Crippen molar-refractivity contribution in [2.24, 2.45) is 0 Å². The quantitative estimate of drug-likeness (QED) is 0.480. The van der Waals surface area contributed by atoms with Crippen molar-refractivity contribution in [3.8, 4) is 0 Å². The van der Waals surface area contributed by atoms with E-state index in [1.165, 1.54) is 5.56 Å². The lowest BCUT2D eigenvalue weighted by atomic mass is 10.1. The number of nitrogens with one attached hydrogen (secondary N) is 2. The second kappa shape index (κ2) is 8.34. The van der Waals surface area contributed by atoms with Gasteiger partial charge in [-0.15, -0.1) is 0 Å². The van der Waals surface area contributed by atoms with Crippen LogP contribution in [0.5, 0.6) is 0 Å². The summed E-state index contributed by atoms with van der Waals surface area (Å²) in [5.41, 5.74) is 2.76. The molecule has 6 nitrogen and oxygen atoms in total. The smallest absolute Gasteiger partial charge is 0.262 e. The molecule has 7 heteroatoms. The molecule has 0 saturated carbocycles. The van der Waals surface area contributed by atoms with Gasteiger partial charge in [0.25, 0.3) is 10.0 Å². The Bertz CT molecular complexity index is 1320. The van der Waals surface area contributed by atoms with Crippen LogP contribution in [0.15, 0.2) is 71.8 Å². The average molecular weight is 436 g/mol. The van der Waals surface area contributed by atoms with Gasteiger partial charge in [-0.25, -0.2) is 8.42 Å². The van der Waals surface area contributed by atoms with Gasteiger partial charge in [0, 0.05) is 47.8 Å². The van der Waals surface area contributed by atoms with E-state index in [-0.39, 0.29) is 4.90 Å². The van der Waals surface area contributed by atoms with E-state index in [1.807, 2.05) is 48.7 Å². The number of ether oxygens (including phenoxy) is 1. The van der Waals surface area contributed by atoms with Crippen LogP contribution in [0.1, 0.15) is 5.56 Å². The molecule has 0 bridgehead atoms. The van der Waals surface area contributed by atoms with E-state index in [1.54, 1.807) is 18.2 Å². The summed E-state index contributed by atoms with van der Waals surface area (Å²) in [7, 11) is -3.72. The molecule has 0 radical (unpaired) electrons. The second-order valence-corrected chi connectivity index (χ2v) is 9.51. The van der Waals surface area contributed by atoms with Crippen LogP contribution < -0.4 is 4.72 Å². The Labute approximate surface area is 181 Å². The third-order valence-corrected chi connectivity index (χ3v) is 7.30. The van der Waals surface area contributed by atoms with Gasteiger partial charge in [-0.05, 0) is 41.6 Å². The van der Waals surface area contributed by atoms with Crippen molar-refractivity contribution in [3.63, 3.8) is 0 Å². The maximum Gasteiger partial charge on any atom is 0.262 e. The third-order valence-electron chi connectivity index (χ3n) is 5.86. The zero-order valence-electron chi connectivity index (χ0n) is 17.2. The number of hydrogen-bond donors (Lipinski definition) is 2.